The van der Waals surface area contributed by atoms with E-state index in [1.54, 1.807) is 13.0 Å². The molecule has 0 aromatic carbocycles. The lowest BCUT2D eigenvalue weighted by Crippen LogP contribution is -2.39. The number of hydrogen-bond donors (Lipinski definition) is 2. The van der Waals surface area contributed by atoms with Crippen LogP contribution in [0.3, 0.4) is 0 Å². The molecule has 0 bridgehead atoms. The Morgan fingerprint density at radius 3 is 2.67 bits per heavy atom. The average Bonchev–Trinajstić information content (AvgIpc) is 2.34. The molecule has 21 heavy (non-hydrogen) atoms. The summed E-state index contributed by atoms with van der Waals surface area (Å²) in [6.45, 7) is 3.10. The third-order valence-electron chi connectivity index (χ3n) is 2.62. The number of aliphatic carboxylic acids is 1. The summed E-state index contributed by atoms with van der Waals surface area (Å²) in [7, 11) is 0. The number of carbonyl (C=O) groups is 2. The molecule has 0 spiro atoms. The molecular weight excluding hydrogens is 335 g/mol. The predicted octanol–water partition coefficient (Wildman–Crippen LogP) is 2.91. The molecule has 1 unspecified atom stereocenters. The summed E-state index contributed by atoms with van der Waals surface area (Å²) < 4.78 is 0. The Kier molecular flexibility index (Phi) is 7.28. The number of nitrogens with one attached hydrogen (secondary N) is 1. The Labute approximate surface area is 137 Å². The minimum absolute atomic E-state index is 0.327. The van der Waals surface area contributed by atoms with Crippen LogP contribution in [0.4, 0.5) is 0 Å². The normalized spacial score (nSPS) is 12.0. The maximum atomic E-state index is 11.0. The number of carboxylic acid groups (broad SMARTS) is 1. The highest BCUT2D eigenvalue weighted by Crippen LogP contribution is 2.28. The summed E-state index contributed by atoms with van der Waals surface area (Å²) >= 11 is 13.6. The summed E-state index contributed by atoms with van der Waals surface area (Å²) in [5.41, 5.74) is 1.48. The van der Waals surface area contributed by atoms with E-state index in [4.69, 9.17) is 28.3 Å². The van der Waals surface area contributed by atoms with Gasteiger partial charge in [0.05, 0.1) is 0 Å². The van der Waals surface area contributed by atoms with Crippen molar-refractivity contribution >= 4 is 46.8 Å². The van der Waals surface area contributed by atoms with Crippen molar-refractivity contribution in [2.75, 3.05) is 5.75 Å². The van der Waals surface area contributed by atoms with Crippen molar-refractivity contribution < 1.29 is 14.7 Å². The highest BCUT2D eigenvalue weighted by Gasteiger charge is 2.18. The first-order valence-electron chi connectivity index (χ1n) is 6.20. The zero-order chi connectivity index (χ0) is 16.0. The van der Waals surface area contributed by atoms with Crippen LogP contribution in [0.25, 0.3) is 0 Å². The molecule has 5 nitrogen and oxygen atoms in total. The molecule has 0 saturated carbocycles. The Morgan fingerprint density at radius 2 is 2.14 bits per heavy atom. The fourth-order valence-corrected chi connectivity index (χ4v) is 3.50. The van der Waals surface area contributed by atoms with E-state index in [-0.39, 0.29) is 5.91 Å². The van der Waals surface area contributed by atoms with Crippen LogP contribution in [-0.2, 0) is 15.3 Å². The largest absolute Gasteiger partial charge is 0.480 e. The van der Waals surface area contributed by atoms with E-state index in [1.165, 1.54) is 18.7 Å². The Hall–Kier alpha value is -0.980. The number of hydrogen-bond acceptors (Lipinski definition) is 4. The van der Waals surface area contributed by atoms with Crippen molar-refractivity contribution in [3.05, 3.63) is 27.5 Å². The zero-order valence-electron chi connectivity index (χ0n) is 11.7. The topological polar surface area (TPSA) is 79.3 Å². The van der Waals surface area contributed by atoms with Crippen LogP contribution in [0.5, 0.6) is 0 Å². The van der Waals surface area contributed by atoms with Crippen LogP contribution in [0, 0.1) is 6.92 Å². The van der Waals surface area contributed by atoms with Gasteiger partial charge in [-0.2, -0.15) is 11.8 Å². The fraction of sp³-hybridized carbons (Fsp3) is 0.462. The molecule has 1 aromatic rings. The van der Waals surface area contributed by atoms with Gasteiger partial charge in [-0.1, -0.05) is 23.2 Å². The van der Waals surface area contributed by atoms with Crippen LogP contribution >= 0.6 is 35.0 Å². The van der Waals surface area contributed by atoms with Gasteiger partial charge in [0.25, 0.3) is 0 Å². The van der Waals surface area contributed by atoms with Crippen molar-refractivity contribution in [1.82, 2.24) is 10.3 Å². The van der Waals surface area contributed by atoms with Gasteiger partial charge in [0.2, 0.25) is 5.91 Å². The number of amides is 1. The summed E-state index contributed by atoms with van der Waals surface area (Å²) in [6.07, 6.45) is 0.327. The van der Waals surface area contributed by atoms with Gasteiger partial charge < -0.3 is 10.4 Å². The first-order valence-corrected chi connectivity index (χ1v) is 8.11. The molecule has 1 atom stereocenters. The molecule has 0 aliphatic heterocycles. The van der Waals surface area contributed by atoms with Gasteiger partial charge in [0.15, 0.2) is 0 Å². The Bertz CT molecular complexity index is 517. The molecule has 0 aliphatic rings. The second-order valence-electron chi connectivity index (χ2n) is 4.45. The lowest BCUT2D eigenvalue weighted by Gasteiger charge is -2.13. The van der Waals surface area contributed by atoms with E-state index < -0.39 is 12.0 Å². The molecule has 116 valence electrons. The highest BCUT2D eigenvalue weighted by atomic mass is 35.5. The van der Waals surface area contributed by atoms with Crippen molar-refractivity contribution in [1.29, 1.82) is 0 Å². The van der Waals surface area contributed by atoms with Crippen LogP contribution in [0.15, 0.2) is 6.07 Å². The average molecular weight is 351 g/mol. The number of thioether (sulfide) groups is 1. The van der Waals surface area contributed by atoms with Crippen molar-refractivity contribution in [2.24, 2.45) is 0 Å². The predicted molar refractivity (Wildman–Crippen MR) is 85.0 cm³/mol. The maximum Gasteiger partial charge on any atom is 0.326 e. The molecule has 1 aromatic heterocycles. The number of rotatable bonds is 7. The number of carbonyl (C=O) groups excluding carboxylic acids is 1. The summed E-state index contributed by atoms with van der Waals surface area (Å²) in [5.74, 6) is -0.310. The Morgan fingerprint density at radius 1 is 1.48 bits per heavy atom. The molecule has 0 aliphatic carbocycles. The van der Waals surface area contributed by atoms with E-state index >= 15 is 0 Å². The molecule has 0 saturated heterocycles. The minimum Gasteiger partial charge on any atom is -0.480 e. The number of carboxylic acids is 1. The fourth-order valence-electron chi connectivity index (χ4n) is 1.63. The smallest absolute Gasteiger partial charge is 0.326 e. The van der Waals surface area contributed by atoms with Gasteiger partial charge in [-0.3, -0.25) is 4.79 Å². The second-order valence-corrected chi connectivity index (χ2v) is 6.32. The number of aromatic nitrogens is 1. The SMILES string of the molecule is CC(=O)NC(CCSCc1c(Cl)cc(C)nc1Cl)C(=O)O. The standard InChI is InChI=1S/C13H16Cl2N2O3S/c1-7-5-10(14)9(12(15)16-7)6-21-4-3-11(13(19)20)17-8(2)18/h5,11H,3-4,6H2,1-2H3,(H,17,18)(H,19,20). The third-order valence-corrected chi connectivity index (χ3v) is 4.29. The monoisotopic (exact) mass is 350 g/mol. The Balaban J connectivity index is 2.50. The lowest BCUT2D eigenvalue weighted by atomic mass is 10.2. The molecule has 0 fully saturated rings. The van der Waals surface area contributed by atoms with Crippen LogP contribution < -0.4 is 5.32 Å². The van der Waals surface area contributed by atoms with Gasteiger partial charge in [0.1, 0.15) is 11.2 Å². The molecule has 2 N–H and O–H groups in total. The summed E-state index contributed by atoms with van der Waals surface area (Å²) in [5, 5.41) is 12.3. The van der Waals surface area contributed by atoms with E-state index in [2.05, 4.69) is 10.3 Å². The van der Waals surface area contributed by atoms with Gasteiger partial charge >= 0.3 is 5.97 Å². The molecule has 1 heterocycles. The summed E-state index contributed by atoms with van der Waals surface area (Å²) in [4.78, 5) is 26.0. The highest BCUT2D eigenvalue weighted by molar-refractivity contribution is 7.98. The van der Waals surface area contributed by atoms with Crippen LogP contribution in [-0.4, -0.2) is 33.8 Å². The number of aryl methyl sites for hydroxylation is 1. The van der Waals surface area contributed by atoms with Crippen molar-refractivity contribution in [3.8, 4) is 0 Å². The first-order chi connectivity index (χ1) is 9.81. The molecular formula is C13H16Cl2N2O3S. The quantitative estimate of drug-likeness (QED) is 0.583. The van der Waals surface area contributed by atoms with E-state index in [9.17, 15) is 9.59 Å². The van der Waals surface area contributed by atoms with E-state index in [1.807, 2.05) is 0 Å². The number of halogens is 2. The number of pyridine rings is 1. The molecule has 1 amide bonds. The van der Waals surface area contributed by atoms with Gasteiger partial charge in [-0.25, -0.2) is 9.78 Å². The van der Waals surface area contributed by atoms with Crippen LogP contribution in [0.1, 0.15) is 24.6 Å². The van der Waals surface area contributed by atoms with E-state index in [0.717, 1.165) is 11.3 Å². The number of nitrogens with zero attached hydrogens (tertiary/aromatic N) is 1. The van der Waals surface area contributed by atoms with Gasteiger partial charge in [0, 0.05) is 29.0 Å². The molecule has 0 radical (unpaired) electrons. The maximum absolute atomic E-state index is 11.0. The van der Waals surface area contributed by atoms with Crippen LogP contribution in [0.2, 0.25) is 10.2 Å². The van der Waals surface area contributed by atoms with Gasteiger partial charge in [-0.15, -0.1) is 0 Å². The third kappa shape index (κ3) is 6.11. The zero-order valence-corrected chi connectivity index (χ0v) is 14.0. The van der Waals surface area contributed by atoms with Crippen molar-refractivity contribution in [3.63, 3.8) is 0 Å². The first kappa shape index (κ1) is 18.1. The minimum atomic E-state index is -1.04. The van der Waals surface area contributed by atoms with Crippen molar-refractivity contribution in [2.45, 2.75) is 32.1 Å². The second kappa shape index (κ2) is 8.46. The summed E-state index contributed by atoms with van der Waals surface area (Å²) in [6, 6.07) is 0.859. The molecule has 8 heteroatoms. The molecule has 1 rings (SSSR count). The van der Waals surface area contributed by atoms with Gasteiger partial charge in [-0.05, 0) is 25.2 Å². The van der Waals surface area contributed by atoms with E-state index in [0.29, 0.717) is 28.1 Å². The lowest BCUT2D eigenvalue weighted by molar-refractivity contribution is -0.141.